The smallest absolute Gasteiger partial charge is 0.240 e. The normalized spacial score (nSPS) is 11.6. The molecule has 5 heteroatoms. The second-order valence-electron chi connectivity index (χ2n) is 6.92. The number of amides is 2. The molecule has 4 nitrogen and oxygen atoms in total. The number of primary amides is 1. The molecule has 0 bridgehead atoms. The van der Waals surface area contributed by atoms with E-state index < -0.39 is 17.8 Å². The molecule has 1 atom stereocenters. The highest BCUT2D eigenvalue weighted by atomic mass is 19.1. The average molecular weight is 390 g/mol. The molecular formula is C24H23FN2O2. The molecule has 0 spiro atoms. The van der Waals surface area contributed by atoms with Crippen LogP contribution in [-0.4, -0.2) is 17.9 Å². The number of carbonyl (C=O) groups excluding carboxylic acids is 2. The SMILES string of the molecule is NC(=O)[C@H](Cc1cccc(F)c1)NC(=O)CCc1ccc(-c2ccccc2)cc1. The number of aryl methyl sites for hydroxylation is 1. The summed E-state index contributed by atoms with van der Waals surface area (Å²) in [6, 6.07) is 23.1. The zero-order valence-corrected chi connectivity index (χ0v) is 16.0. The molecule has 148 valence electrons. The van der Waals surface area contributed by atoms with Gasteiger partial charge in [-0.1, -0.05) is 66.7 Å². The van der Waals surface area contributed by atoms with Gasteiger partial charge in [0.1, 0.15) is 11.9 Å². The lowest BCUT2D eigenvalue weighted by atomic mass is 10.0. The summed E-state index contributed by atoms with van der Waals surface area (Å²) >= 11 is 0. The topological polar surface area (TPSA) is 72.2 Å². The summed E-state index contributed by atoms with van der Waals surface area (Å²) in [4.78, 5) is 24.0. The number of rotatable bonds is 8. The zero-order valence-electron chi connectivity index (χ0n) is 16.0. The maximum Gasteiger partial charge on any atom is 0.240 e. The first-order valence-electron chi connectivity index (χ1n) is 9.49. The van der Waals surface area contributed by atoms with Crippen LogP contribution < -0.4 is 11.1 Å². The van der Waals surface area contributed by atoms with E-state index in [-0.39, 0.29) is 18.7 Å². The van der Waals surface area contributed by atoms with E-state index in [1.807, 2.05) is 54.6 Å². The number of nitrogens with one attached hydrogen (secondary N) is 1. The van der Waals surface area contributed by atoms with Crippen LogP contribution in [0.3, 0.4) is 0 Å². The summed E-state index contributed by atoms with van der Waals surface area (Å²) in [7, 11) is 0. The lowest BCUT2D eigenvalue weighted by molar-refractivity contribution is -0.127. The van der Waals surface area contributed by atoms with E-state index >= 15 is 0 Å². The molecule has 3 N–H and O–H groups in total. The van der Waals surface area contributed by atoms with Gasteiger partial charge in [0.25, 0.3) is 0 Å². The molecule has 0 aliphatic rings. The van der Waals surface area contributed by atoms with Gasteiger partial charge in [0, 0.05) is 12.8 Å². The van der Waals surface area contributed by atoms with Crippen LogP contribution >= 0.6 is 0 Å². The maximum absolute atomic E-state index is 13.3. The average Bonchev–Trinajstić information content (AvgIpc) is 2.73. The van der Waals surface area contributed by atoms with Gasteiger partial charge >= 0.3 is 0 Å². The summed E-state index contributed by atoms with van der Waals surface area (Å²) < 4.78 is 13.3. The highest BCUT2D eigenvalue weighted by molar-refractivity contribution is 5.86. The van der Waals surface area contributed by atoms with Gasteiger partial charge in [0.05, 0.1) is 0 Å². The van der Waals surface area contributed by atoms with E-state index in [2.05, 4.69) is 5.32 Å². The third-order valence-corrected chi connectivity index (χ3v) is 4.71. The van der Waals surface area contributed by atoms with Crippen LogP contribution in [0.15, 0.2) is 78.9 Å². The van der Waals surface area contributed by atoms with Crippen molar-refractivity contribution in [3.8, 4) is 11.1 Å². The molecule has 0 heterocycles. The van der Waals surface area contributed by atoms with Crippen molar-refractivity contribution in [2.45, 2.75) is 25.3 Å². The van der Waals surface area contributed by atoms with Crippen LogP contribution in [-0.2, 0) is 22.4 Å². The van der Waals surface area contributed by atoms with Crippen LogP contribution in [0.4, 0.5) is 4.39 Å². The summed E-state index contributed by atoms with van der Waals surface area (Å²) in [5.74, 6) is -1.30. The Bertz CT molecular complexity index is 972. The molecule has 0 aliphatic carbocycles. The Morgan fingerprint density at radius 3 is 2.21 bits per heavy atom. The van der Waals surface area contributed by atoms with Gasteiger partial charge < -0.3 is 11.1 Å². The van der Waals surface area contributed by atoms with E-state index in [9.17, 15) is 14.0 Å². The molecule has 2 amide bonds. The largest absolute Gasteiger partial charge is 0.368 e. The van der Waals surface area contributed by atoms with Crippen LogP contribution in [0.2, 0.25) is 0 Å². The van der Waals surface area contributed by atoms with Crippen molar-refractivity contribution >= 4 is 11.8 Å². The molecule has 0 fully saturated rings. The summed E-state index contributed by atoms with van der Waals surface area (Å²) in [5.41, 5.74) is 9.28. The van der Waals surface area contributed by atoms with Crippen molar-refractivity contribution in [1.29, 1.82) is 0 Å². The second kappa shape index (κ2) is 9.64. The molecule has 3 aromatic rings. The lowest BCUT2D eigenvalue weighted by Crippen LogP contribution is -2.45. The van der Waals surface area contributed by atoms with E-state index in [1.165, 1.54) is 12.1 Å². The van der Waals surface area contributed by atoms with Crippen molar-refractivity contribution in [3.05, 3.63) is 95.8 Å². The molecule has 0 unspecified atom stereocenters. The van der Waals surface area contributed by atoms with Crippen molar-refractivity contribution in [2.75, 3.05) is 0 Å². The first-order chi connectivity index (χ1) is 14.0. The van der Waals surface area contributed by atoms with Crippen molar-refractivity contribution in [3.63, 3.8) is 0 Å². The molecule has 3 aromatic carbocycles. The number of benzene rings is 3. The first kappa shape index (κ1) is 20.3. The standard InChI is InChI=1S/C24H23FN2O2/c25-21-8-4-5-18(15-21)16-22(24(26)29)27-23(28)14-11-17-9-12-20(13-10-17)19-6-2-1-3-7-19/h1-10,12-13,15,22H,11,14,16H2,(H2,26,29)(H,27,28)/t22-/m0/s1. The first-order valence-corrected chi connectivity index (χ1v) is 9.49. The van der Waals surface area contributed by atoms with Gasteiger partial charge in [-0.15, -0.1) is 0 Å². The zero-order chi connectivity index (χ0) is 20.6. The monoisotopic (exact) mass is 390 g/mol. The molecular weight excluding hydrogens is 367 g/mol. The summed E-state index contributed by atoms with van der Waals surface area (Å²) in [6.45, 7) is 0. The third-order valence-electron chi connectivity index (χ3n) is 4.71. The Kier molecular flexibility index (Phi) is 6.74. The summed E-state index contributed by atoms with van der Waals surface area (Å²) in [6.07, 6.45) is 0.939. The van der Waals surface area contributed by atoms with Crippen molar-refractivity contribution in [2.24, 2.45) is 5.73 Å². The fraction of sp³-hybridized carbons (Fsp3) is 0.167. The molecule has 0 aliphatic heterocycles. The fourth-order valence-corrected chi connectivity index (χ4v) is 3.14. The molecule has 0 radical (unpaired) electrons. The van der Waals surface area contributed by atoms with Gasteiger partial charge in [0.2, 0.25) is 11.8 Å². The lowest BCUT2D eigenvalue weighted by Gasteiger charge is -2.16. The van der Waals surface area contributed by atoms with Gasteiger partial charge in [-0.25, -0.2) is 4.39 Å². The third kappa shape index (κ3) is 6.01. The van der Waals surface area contributed by atoms with Crippen molar-refractivity contribution < 1.29 is 14.0 Å². The van der Waals surface area contributed by atoms with E-state index in [4.69, 9.17) is 5.73 Å². The number of carbonyl (C=O) groups is 2. The minimum Gasteiger partial charge on any atom is -0.368 e. The van der Waals surface area contributed by atoms with E-state index in [0.717, 1.165) is 16.7 Å². The van der Waals surface area contributed by atoms with Gasteiger partial charge in [-0.3, -0.25) is 9.59 Å². The number of hydrogen-bond donors (Lipinski definition) is 2. The minimum absolute atomic E-state index is 0.157. The molecule has 0 saturated carbocycles. The predicted octanol–water partition coefficient (Wildman–Crippen LogP) is 3.64. The van der Waals surface area contributed by atoms with Gasteiger partial charge in [0.15, 0.2) is 0 Å². The number of nitrogens with two attached hydrogens (primary N) is 1. The Morgan fingerprint density at radius 1 is 0.862 bits per heavy atom. The van der Waals surface area contributed by atoms with Crippen molar-refractivity contribution in [1.82, 2.24) is 5.32 Å². The van der Waals surface area contributed by atoms with Crippen LogP contribution in [0.5, 0.6) is 0 Å². The highest BCUT2D eigenvalue weighted by Crippen LogP contribution is 2.19. The van der Waals surface area contributed by atoms with Gasteiger partial charge in [-0.2, -0.15) is 0 Å². The number of hydrogen-bond acceptors (Lipinski definition) is 2. The molecule has 0 aromatic heterocycles. The molecule has 29 heavy (non-hydrogen) atoms. The van der Waals surface area contributed by atoms with Gasteiger partial charge in [-0.05, 0) is 40.8 Å². The molecule has 0 saturated heterocycles. The quantitative estimate of drug-likeness (QED) is 0.616. The van der Waals surface area contributed by atoms with Crippen LogP contribution in [0, 0.1) is 5.82 Å². The fourth-order valence-electron chi connectivity index (χ4n) is 3.14. The maximum atomic E-state index is 13.3. The Labute approximate surface area is 169 Å². The van der Waals surface area contributed by atoms with Crippen LogP contribution in [0.25, 0.3) is 11.1 Å². The Balaban J connectivity index is 1.54. The Hall–Kier alpha value is -3.47. The summed E-state index contributed by atoms with van der Waals surface area (Å²) in [5, 5.41) is 2.66. The second-order valence-corrected chi connectivity index (χ2v) is 6.92. The van der Waals surface area contributed by atoms with E-state index in [0.29, 0.717) is 12.0 Å². The van der Waals surface area contributed by atoms with Crippen LogP contribution in [0.1, 0.15) is 17.5 Å². The minimum atomic E-state index is -0.871. The number of halogens is 1. The Morgan fingerprint density at radius 2 is 1.55 bits per heavy atom. The molecule has 3 rings (SSSR count). The predicted molar refractivity (Wildman–Crippen MR) is 111 cm³/mol. The highest BCUT2D eigenvalue weighted by Gasteiger charge is 2.18. The van der Waals surface area contributed by atoms with E-state index in [1.54, 1.807) is 12.1 Å².